The molecule has 0 amide bonds. The molecule has 0 spiro atoms. The second-order valence-corrected chi connectivity index (χ2v) is 9.71. The molecule has 0 bridgehead atoms. The first-order chi connectivity index (χ1) is 14.5. The molecule has 1 aliphatic heterocycles. The minimum absolute atomic E-state index is 0.0203. The van der Waals surface area contributed by atoms with Crippen molar-refractivity contribution < 1.29 is 12.8 Å². The van der Waals surface area contributed by atoms with Gasteiger partial charge in [0.2, 0.25) is 26.6 Å². The lowest BCUT2D eigenvalue weighted by Gasteiger charge is -2.20. The summed E-state index contributed by atoms with van der Waals surface area (Å²) < 4.78 is 33.3. The van der Waals surface area contributed by atoms with Gasteiger partial charge in [-0.2, -0.15) is 4.98 Å². The van der Waals surface area contributed by atoms with Gasteiger partial charge in [0.15, 0.2) is 0 Å². The van der Waals surface area contributed by atoms with Crippen molar-refractivity contribution in [2.24, 2.45) is 0 Å². The highest BCUT2D eigenvalue weighted by atomic mass is 32.2. The first kappa shape index (κ1) is 20.7. The zero-order valence-corrected chi connectivity index (χ0v) is 18.4. The average molecular weight is 425 g/mol. The molecule has 1 aromatic heterocycles. The quantitative estimate of drug-likeness (QED) is 0.547. The van der Waals surface area contributed by atoms with Crippen LogP contribution in [0, 0.1) is 6.92 Å². The molecule has 0 atom stereocenters. The molecule has 158 valence electrons. The number of hydrogen-bond acceptors (Lipinski definition) is 5. The standard InChI is InChI=1S/C24H28N2O3S/c1-3-19-12-14-20(15-13-19)30(27,28)23-24(26-16-8-4-5-9-17-26)29-22(25-23)21-11-7-6-10-18(21)2/h6-7,10-15H,3-5,8-9,16-17H2,1-2H3. The van der Waals surface area contributed by atoms with Crippen molar-refractivity contribution in [1.82, 2.24) is 4.98 Å². The molecular formula is C24H28N2O3S. The van der Waals surface area contributed by atoms with Crippen LogP contribution in [0.1, 0.15) is 43.7 Å². The molecule has 5 nitrogen and oxygen atoms in total. The van der Waals surface area contributed by atoms with E-state index in [1.165, 1.54) is 0 Å². The van der Waals surface area contributed by atoms with Crippen LogP contribution in [0.3, 0.4) is 0 Å². The molecular weight excluding hydrogens is 396 g/mol. The second kappa shape index (κ2) is 8.64. The average Bonchev–Trinajstić information content (AvgIpc) is 3.03. The monoisotopic (exact) mass is 424 g/mol. The van der Waals surface area contributed by atoms with E-state index < -0.39 is 9.84 Å². The van der Waals surface area contributed by atoms with Gasteiger partial charge in [0.1, 0.15) is 0 Å². The van der Waals surface area contributed by atoms with Crippen molar-refractivity contribution in [3.8, 4) is 11.5 Å². The number of aromatic nitrogens is 1. The van der Waals surface area contributed by atoms with E-state index in [0.717, 1.165) is 61.9 Å². The van der Waals surface area contributed by atoms with Gasteiger partial charge in [-0.25, -0.2) is 8.42 Å². The topological polar surface area (TPSA) is 63.4 Å². The summed E-state index contributed by atoms with van der Waals surface area (Å²) in [5, 5.41) is 0.0203. The minimum atomic E-state index is -3.80. The lowest BCUT2D eigenvalue weighted by molar-refractivity contribution is 0.543. The van der Waals surface area contributed by atoms with Crippen LogP contribution >= 0.6 is 0 Å². The van der Waals surface area contributed by atoms with E-state index in [9.17, 15) is 8.42 Å². The fraction of sp³-hybridized carbons (Fsp3) is 0.375. The Kier molecular flexibility index (Phi) is 5.95. The van der Waals surface area contributed by atoms with E-state index in [1.54, 1.807) is 12.1 Å². The van der Waals surface area contributed by atoms with Crippen LogP contribution < -0.4 is 4.90 Å². The van der Waals surface area contributed by atoms with E-state index in [4.69, 9.17) is 4.42 Å². The summed E-state index contributed by atoms with van der Waals surface area (Å²) in [4.78, 5) is 6.84. The maximum absolute atomic E-state index is 13.6. The van der Waals surface area contributed by atoms with E-state index in [-0.39, 0.29) is 9.92 Å². The van der Waals surface area contributed by atoms with Crippen molar-refractivity contribution in [3.05, 3.63) is 59.7 Å². The highest BCUT2D eigenvalue weighted by molar-refractivity contribution is 7.91. The van der Waals surface area contributed by atoms with Gasteiger partial charge >= 0.3 is 0 Å². The molecule has 1 aliphatic rings. The molecule has 0 radical (unpaired) electrons. The van der Waals surface area contributed by atoms with Gasteiger partial charge in [0.05, 0.1) is 4.90 Å². The maximum Gasteiger partial charge on any atom is 0.236 e. The van der Waals surface area contributed by atoms with Gasteiger partial charge in [0, 0.05) is 18.7 Å². The number of anilines is 1. The summed E-state index contributed by atoms with van der Waals surface area (Å²) in [5.74, 6) is 0.728. The summed E-state index contributed by atoms with van der Waals surface area (Å²) in [6.07, 6.45) is 5.20. The highest BCUT2D eigenvalue weighted by Gasteiger charge is 2.32. The number of nitrogens with zero attached hydrogens (tertiary/aromatic N) is 2. The Morgan fingerprint density at radius 1 is 0.967 bits per heavy atom. The highest BCUT2D eigenvalue weighted by Crippen LogP contribution is 2.36. The first-order valence-electron chi connectivity index (χ1n) is 10.7. The Morgan fingerprint density at radius 3 is 2.27 bits per heavy atom. The molecule has 2 aromatic carbocycles. The van der Waals surface area contributed by atoms with Crippen LogP contribution in [-0.2, 0) is 16.3 Å². The first-order valence-corrected chi connectivity index (χ1v) is 12.1. The molecule has 1 fully saturated rings. The van der Waals surface area contributed by atoms with E-state index >= 15 is 0 Å². The van der Waals surface area contributed by atoms with Gasteiger partial charge in [-0.15, -0.1) is 0 Å². The Balaban J connectivity index is 1.84. The van der Waals surface area contributed by atoms with Crippen molar-refractivity contribution >= 4 is 15.7 Å². The minimum Gasteiger partial charge on any atom is -0.419 e. The zero-order chi connectivity index (χ0) is 21.1. The summed E-state index contributed by atoms with van der Waals surface area (Å²) in [5.41, 5.74) is 2.91. The van der Waals surface area contributed by atoms with Crippen molar-refractivity contribution in [2.45, 2.75) is 55.9 Å². The third-order valence-corrected chi connectivity index (χ3v) is 7.41. The van der Waals surface area contributed by atoms with E-state index in [1.807, 2.05) is 50.2 Å². The molecule has 30 heavy (non-hydrogen) atoms. The summed E-state index contributed by atoms with van der Waals surface area (Å²) in [6, 6.07) is 14.8. The maximum atomic E-state index is 13.6. The Morgan fingerprint density at radius 2 is 1.63 bits per heavy atom. The van der Waals surface area contributed by atoms with Crippen molar-refractivity contribution in [2.75, 3.05) is 18.0 Å². The third-order valence-electron chi connectivity index (χ3n) is 5.74. The lowest BCUT2D eigenvalue weighted by atomic mass is 10.1. The molecule has 0 saturated carbocycles. The van der Waals surface area contributed by atoms with Gasteiger partial charge < -0.3 is 9.32 Å². The van der Waals surface area contributed by atoms with Crippen LogP contribution in [0.5, 0.6) is 0 Å². The van der Waals surface area contributed by atoms with Gasteiger partial charge in [0.25, 0.3) is 0 Å². The molecule has 0 N–H and O–H groups in total. The third kappa shape index (κ3) is 4.01. The smallest absolute Gasteiger partial charge is 0.236 e. The molecule has 6 heteroatoms. The molecule has 2 heterocycles. The Bertz CT molecular complexity index is 1110. The summed E-state index contributed by atoms with van der Waals surface area (Å²) in [7, 11) is -3.80. The summed E-state index contributed by atoms with van der Waals surface area (Å²) >= 11 is 0. The van der Waals surface area contributed by atoms with Gasteiger partial charge in [-0.1, -0.05) is 50.1 Å². The Hall–Kier alpha value is -2.60. The van der Waals surface area contributed by atoms with Crippen molar-refractivity contribution in [3.63, 3.8) is 0 Å². The van der Waals surface area contributed by atoms with E-state index in [0.29, 0.717) is 11.8 Å². The fourth-order valence-corrected chi connectivity index (χ4v) is 5.21. The van der Waals surface area contributed by atoms with Crippen LogP contribution in [0.15, 0.2) is 62.9 Å². The predicted molar refractivity (Wildman–Crippen MR) is 119 cm³/mol. The number of benzene rings is 2. The Labute approximate surface area is 178 Å². The largest absolute Gasteiger partial charge is 0.419 e. The SMILES string of the molecule is CCc1ccc(S(=O)(=O)c2nc(-c3ccccc3C)oc2N2CCCCCC2)cc1. The predicted octanol–water partition coefficient (Wildman–Crippen LogP) is 5.43. The van der Waals surface area contributed by atoms with Crippen LogP contribution in [0.2, 0.25) is 0 Å². The molecule has 0 unspecified atom stereocenters. The van der Waals surface area contributed by atoms with Crippen molar-refractivity contribution in [1.29, 1.82) is 0 Å². The van der Waals surface area contributed by atoms with Crippen LogP contribution in [0.4, 0.5) is 5.88 Å². The zero-order valence-electron chi connectivity index (χ0n) is 17.6. The molecule has 0 aliphatic carbocycles. The number of aryl methyl sites for hydroxylation is 2. The molecule has 3 aromatic rings. The summed E-state index contributed by atoms with van der Waals surface area (Å²) in [6.45, 7) is 5.58. The van der Waals surface area contributed by atoms with E-state index in [2.05, 4.69) is 9.88 Å². The van der Waals surface area contributed by atoms with Gasteiger partial charge in [-0.05, 0) is 55.5 Å². The van der Waals surface area contributed by atoms with Gasteiger partial charge in [-0.3, -0.25) is 0 Å². The number of sulfone groups is 1. The number of rotatable bonds is 5. The van der Waals surface area contributed by atoms with Crippen LogP contribution in [-0.4, -0.2) is 26.5 Å². The second-order valence-electron chi connectivity index (χ2n) is 7.85. The molecule has 4 rings (SSSR count). The fourth-order valence-electron chi connectivity index (χ4n) is 3.89. The normalized spacial score (nSPS) is 15.2. The number of oxazole rings is 1. The number of hydrogen-bond donors (Lipinski definition) is 0. The lowest BCUT2D eigenvalue weighted by Crippen LogP contribution is -2.25. The molecule has 1 saturated heterocycles. The van der Waals surface area contributed by atoms with Crippen LogP contribution in [0.25, 0.3) is 11.5 Å².